The van der Waals surface area contributed by atoms with Gasteiger partial charge in [0, 0.05) is 38.3 Å². The van der Waals surface area contributed by atoms with E-state index in [4.69, 9.17) is 4.74 Å². The van der Waals surface area contributed by atoms with E-state index in [1.54, 1.807) is 0 Å². The number of hydrogen-bond acceptors (Lipinski definition) is 4. The molecule has 0 saturated carbocycles. The highest BCUT2D eigenvalue weighted by atomic mass is 35.5. The van der Waals surface area contributed by atoms with Crippen molar-refractivity contribution >= 4 is 24.8 Å². The Hall–Kier alpha value is -0.0200. The fourth-order valence-corrected chi connectivity index (χ4v) is 2.37. The normalized spacial score (nSPS) is 22.9. The Morgan fingerprint density at radius 1 is 1.05 bits per heavy atom. The van der Waals surface area contributed by atoms with Crippen molar-refractivity contribution in [1.82, 2.24) is 15.1 Å². The van der Waals surface area contributed by atoms with Crippen LogP contribution in [0.1, 0.15) is 13.8 Å². The zero-order valence-corrected chi connectivity index (χ0v) is 14.1. The molecule has 0 bridgehead atoms. The largest absolute Gasteiger partial charge is 0.378 e. The van der Waals surface area contributed by atoms with Crippen molar-refractivity contribution in [3.05, 3.63) is 0 Å². The van der Waals surface area contributed by atoms with Gasteiger partial charge in [0.1, 0.15) is 0 Å². The maximum absolute atomic E-state index is 5.51. The summed E-state index contributed by atoms with van der Waals surface area (Å²) >= 11 is 0. The van der Waals surface area contributed by atoms with Gasteiger partial charge in [-0.05, 0) is 13.8 Å². The molecule has 0 aliphatic carbocycles. The van der Waals surface area contributed by atoms with Gasteiger partial charge in [0.05, 0.1) is 26.3 Å². The first-order valence-corrected chi connectivity index (χ1v) is 6.90. The van der Waals surface area contributed by atoms with E-state index in [-0.39, 0.29) is 30.4 Å². The molecule has 0 aromatic rings. The number of hydrogen-bond donors (Lipinski definition) is 1. The van der Waals surface area contributed by atoms with Crippen molar-refractivity contribution < 1.29 is 4.74 Å². The lowest BCUT2D eigenvalue weighted by Gasteiger charge is -2.40. The van der Waals surface area contributed by atoms with Crippen molar-refractivity contribution in [2.45, 2.75) is 19.4 Å². The van der Waals surface area contributed by atoms with Crippen LogP contribution < -0.4 is 5.32 Å². The molecule has 118 valence electrons. The summed E-state index contributed by atoms with van der Waals surface area (Å²) in [5.41, 5.74) is 0.127. The summed E-state index contributed by atoms with van der Waals surface area (Å²) in [5.74, 6) is 6.62. The van der Waals surface area contributed by atoms with Gasteiger partial charge in [-0.3, -0.25) is 9.80 Å². The number of rotatable bonds is 2. The first-order chi connectivity index (χ1) is 8.68. The molecule has 0 amide bonds. The topological polar surface area (TPSA) is 27.7 Å². The lowest BCUT2D eigenvalue weighted by Crippen LogP contribution is -2.52. The average molecular weight is 324 g/mol. The van der Waals surface area contributed by atoms with E-state index in [1.165, 1.54) is 0 Å². The van der Waals surface area contributed by atoms with Crippen molar-refractivity contribution in [1.29, 1.82) is 0 Å². The Morgan fingerprint density at radius 3 is 2.35 bits per heavy atom. The minimum Gasteiger partial charge on any atom is -0.378 e. The van der Waals surface area contributed by atoms with Gasteiger partial charge in [-0.2, -0.15) is 0 Å². The summed E-state index contributed by atoms with van der Waals surface area (Å²) in [5, 5.41) is 3.36. The predicted molar refractivity (Wildman–Crippen MR) is 88.1 cm³/mol. The smallest absolute Gasteiger partial charge is 0.0646 e. The second-order valence-electron chi connectivity index (χ2n) is 5.67. The fourth-order valence-electron chi connectivity index (χ4n) is 2.37. The third kappa shape index (κ3) is 6.17. The van der Waals surface area contributed by atoms with E-state index in [2.05, 4.69) is 40.8 Å². The summed E-state index contributed by atoms with van der Waals surface area (Å²) in [4.78, 5) is 4.83. The molecule has 20 heavy (non-hydrogen) atoms. The molecule has 6 heteroatoms. The Morgan fingerprint density at radius 2 is 1.70 bits per heavy atom. The minimum atomic E-state index is 0. The molecule has 2 aliphatic heterocycles. The second kappa shape index (κ2) is 9.83. The Kier molecular flexibility index (Phi) is 9.82. The highest BCUT2D eigenvalue weighted by Gasteiger charge is 2.29. The van der Waals surface area contributed by atoms with Gasteiger partial charge >= 0.3 is 0 Å². The van der Waals surface area contributed by atoms with Crippen LogP contribution in [-0.4, -0.2) is 74.4 Å². The molecule has 0 aromatic carbocycles. The van der Waals surface area contributed by atoms with Gasteiger partial charge in [0.25, 0.3) is 0 Å². The SMILES string of the molecule is CC1(C)COCCN1CC#CCN1CCNCC1.Cl.Cl. The molecule has 0 aromatic heterocycles. The highest BCUT2D eigenvalue weighted by molar-refractivity contribution is 5.85. The fraction of sp³-hybridized carbons (Fsp3) is 0.857. The monoisotopic (exact) mass is 323 g/mol. The summed E-state index contributed by atoms with van der Waals surface area (Å²) < 4.78 is 5.51. The molecule has 0 atom stereocenters. The summed E-state index contributed by atoms with van der Waals surface area (Å²) in [6, 6.07) is 0. The lowest BCUT2D eigenvalue weighted by atomic mass is 10.0. The van der Waals surface area contributed by atoms with E-state index >= 15 is 0 Å². The second-order valence-corrected chi connectivity index (χ2v) is 5.67. The molecule has 0 spiro atoms. The summed E-state index contributed by atoms with van der Waals surface area (Å²) in [6.45, 7) is 13.3. The molecule has 2 heterocycles. The van der Waals surface area contributed by atoms with Gasteiger partial charge < -0.3 is 10.1 Å². The van der Waals surface area contributed by atoms with Crippen LogP contribution in [-0.2, 0) is 4.74 Å². The maximum atomic E-state index is 5.51. The van der Waals surface area contributed by atoms with Crippen LogP contribution in [0.4, 0.5) is 0 Å². The Balaban J connectivity index is 0.00000180. The minimum absolute atomic E-state index is 0. The van der Waals surface area contributed by atoms with E-state index < -0.39 is 0 Å². The molecule has 2 fully saturated rings. The first kappa shape index (κ1) is 20.0. The van der Waals surface area contributed by atoms with Crippen molar-refractivity contribution in [2.24, 2.45) is 0 Å². The van der Waals surface area contributed by atoms with Crippen LogP contribution in [0.15, 0.2) is 0 Å². The maximum Gasteiger partial charge on any atom is 0.0646 e. The number of ether oxygens (including phenoxy) is 1. The molecule has 0 radical (unpaired) electrons. The van der Waals surface area contributed by atoms with Gasteiger partial charge in [-0.1, -0.05) is 11.8 Å². The zero-order valence-electron chi connectivity index (χ0n) is 12.5. The Bertz CT molecular complexity index is 322. The number of morpholine rings is 1. The van der Waals surface area contributed by atoms with Gasteiger partial charge in [-0.25, -0.2) is 0 Å². The molecular formula is C14H27Cl2N3O. The average Bonchev–Trinajstić information content (AvgIpc) is 2.37. The van der Waals surface area contributed by atoms with E-state index in [0.717, 1.165) is 59.0 Å². The van der Waals surface area contributed by atoms with Gasteiger partial charge in [0.2, 0.25) is 0 Å². The molecule has 2 saturated heterocycles. The van der Waals surface area contributed by atoms with Crippen LogP contribution in [0.2, 0.25) is 0 Å². The predicted octanol–water partition coefficient (Wildman–Crippen LogP) is 0.849. The highest BCUT2D eigenvalue weighted by Crippen LogP contribution is 2.17. The van der Waals surface area contributed by atoms with Crippen LogP contribution in [0.3, 0.4) is 0 Å². The van der Waals surface area contributed by atoms with E-state index in [0.29, 0.717) is 0 Å². The number of piperazine rings is 1. The molecule has 1 N–H and O–H groups in total. The van der Waals surface area contributed by atoms with Gasteiger partial charge in [-0.15, -0.1) is 24.8 Å². The van der Waals surface area contributed by atoms with Crippen molar-refractivity contribution in [3.63, 3.8) is 0 Å². The van der Waals surface area contributed by atoms with Crippen LogP contribution >= 0.6 is 24.8 Å². The van der Waals surface area contributed by atoms with Crippen LogP contribution in [0, 0.1) is 11.8 Å². The molecule has 0 unspecified atom stereocenters. The molecular weight excluding hydrogens is 297 g/mol. The van der Waals surface area contributed by atoms with Crippen LogP contribution in [0.25, 0.3) is 0 Å². The molecule has 2 rings (SSSR count). The van der Waals surface area contributed by atoms with E-state index in [9.17, 15) is 0 Å². The lowest BCUT2D eigenvalue weighted by molar-refractivity contribution is -0.0440. The number of halogens is 2. The Labute approximate surface area is 135 Å². The first-order valence-electron chi connectivity index (χ1n) is 6.90. The van der Waals surface area contributed by atoms with Gasteiger partial charge in [0.15, 0.2) is 0 Å². The van der Waals surface area contributed by atoms with E-state index in [1.807, 2.05) is 0 Å². The van der Waals surface area contributed by atoms with Crippen molar-refractivity contribution in [3.8, 4) is 11.8 Å². The summed E-state index contributed by atoms with van der Waals surface area (Å²) in [6.07, 6.45) is 0. The number of nitrogens with one attached hydrogen (secondary N) is 1. The number of nitrogens with zero attached hydrogens (tertiary/aromatic N) is 2. The third-order valence-corrected chi connectivity index (χ3v) is 3.72. The van der Waals surface area contributed by atoms with Crippen LogP contribution in [0.5, 0.6) is 0 Å². The van der Waals surface area contributed by atoms with Crippen molar-refractivity contribution in [2.75, 3.05) is 59.0 Å². The third-order valence-electron chi connectivity index (χ3n) is 3.72. The molecule has 2 aliphatic rings. The summed E-state index contributed by atoms with van der Waals surface area (Å²) in [7, 11) is 0. The standard InChI is InChI=1S/C14H25N3O.2ClH/c1-14(2)13-18-12-11-17(14)8-4-3-7-16-9-5-15-6-10-16;;/h15H,5-13H2,1-2H3;2*1H. The molecule has 4 nitrogen and oxygen atoms in total. The zero-order chi connectivity index (χ0) is 12.8. The quantitative estimate of drug-likeness (QED) is 0.762.